The van der Waals surface area contributed by atoms with Crippen molar-refractivity contribution < 1.29 is 9.47 Å². The van der Waals surface area contributed by atoms with Crippen LogP contribution in [0.3, 0.4) is 0 Å². The first-order valence-electron chi connectivity index (χ1n) is 6.46. The number of pyridine rings is 1. The number of hydrogen-bond acceptors (Lipinski definition) is 4. The van der Waals surface area contributed by atoms with Crippen molar-refractivity contribution in [3.05, 3.63) is 46.7 Å². The zero-order valence-electron chi connectivity index (χ0n) is 11.1. The predicted molar refractivity (Wildman–Crippen MR) is 78.7 cm³/mol. The SMILES string of the molecule is Cc1ccncc1NCc1cc(Cl)c2c(c1)OCCO2. The maximum absolute atomic E-state index is 6.22. The van der Waals surface area contributed by atoms with Crippen LogP contribution < -0.4 is 14.8 Å². The normalized spacial score (nSPS) is 13.1. The summed E-state index contributed by atoms with van der Waals surface area (Å²) in [6, 6.07) is 5.83. The number of rotatable bonds is 3. The molecule has 1 aromatic carbocycles. The Balaban J connectivity index is 1.78. The van der Waals surface area contributed by atoms with E-state index in [4.69, 9.17) is 21.1 Å². The fourth-order valence-electron chi connectivity index (χ4n) is 2.11. The highest BCUT2D eigenvalue weighted by Gasteiger charge is 2.16. The Bertz CT molecular complexity index is 631. The standard InChI is InChI=1S/C15H15ClN2O2/c1-10-2-3-17-9-13(10)18-8-11-6-12(16)15-14(7-11)19-4-5-20-15/h2-3,6-7,9,18H,4-5,8H2,1H3. The van der Waals surface area contributed by atoms with Crippen LogP contribution in [0, 0.1) is 6.92 Å². The Hall–Kier alpha value is -1.94. The zero-order valence-corrected chi connectivity index (χ0v) is 11.9. The average molecular weight is 291 g/mol. The summed E-state index contributed by atoms with van der Waals surface area (Å²) in [5.74, 6) is 1.35. The first-order valence-corrected chi connectivity index (χ1v) is 6.84. The van der Waals surface area contributed by atoms with Gasteiger partial charge in [-0.15, -0.1) is 0 Å². The molecular formula is C15H15ClN2O2. The average Bonchev–Trinajstić information content (AvgIpc) is 2.46. The molecule has 0 bridgehead atoms. The van der Waals surface area contributed by atoms with E-state index in [0.29, 0.717) is 36.3 Å². The van der Waals surface area contributed by atoms with Gasteiger partial charge in [-0.05, 0) is 36.2 Å². The molecule has 2 heterocycles. The van der Waals surface area contributed by atoms with Crippen molar-refractivity contribution in [2.24, 2.45) is 0 Å². The number of aromatic nitrogens is 1. The topological polar surface area (TPSA) is 43.4 Å². The molecule has 1 aromatic heterocycles. The molecule has 20 heavy (non-hydrogen) atoms. The predicted octanol–water partition coefficient (Wildman–Crippen LogP) is 3.43. The van der Waals surface area contributed by atoms with Crippen LogP contribution in [0.4, 0.5) is 5.69 Å². The number of benzene rings is 1. The molecule has 2 aromatic rings. The summed E-state index contributed by atoms with van der Waals surface area (Å²) in [7, 11) is 0. The van der Waals surface area contributed by atoms with Crippen molar-refractivity contribution in [3.63, 3.8) is 0 Å². The lowest BCUT2D eigenvalue weighted by Gasteiger charge is -2.20. The van der Waals surface area contributed by atoms with Crippen LogP contribution in [-0.4, -0.2) is 18.2 Å². The number of anilines is 1. The van der Waals surface area contributed by atoms with E-state index in [9.17, 15) is 0 Å². The quantitative estimate of drug-likeness (QED) is 0.940. The van der Waals surface area contributed by atoms with E-state index in [1.807, 2.05) is 31.3 Å². The van der Waals surface area contributed by atoms with Gasteiger partial charge in [0.25, 0.3) is 0 Å². The van der Waals surface area contributed by atoms with E-state index < -0.39 is 0 Å². The lowest BCUT2D eigenvalue weighted by molar-refractivity contribution is 0.171. The highest BCUT2D eigenvalue weighted by molar-refractivity contribution is 6.32. The van der Waals surface area contributed by atoms with E-state index in [-0.39, 0.29) is 0 Å². The molecule has 0 saturated carbocycles. The molecule has 3 rings (SSSR count). The molecule has 1 aliphatic heterocycles. The summed E-state index contributed by atoms with van der Waals surface area (Å²) in [5, 5.41) is 3.93. The number of nitrogens with zero attached hydrogens (tertiary/aromatic N) is 1. The molecular weight excluding hydrogens is 276 g/mol. The van der Waals surface area contributed by atoms with E-state index in [0.717, 1.165) is 16.8 Å². The first-order chi connectivity index (χ1) is 9.74. The zero-order chi connectivity index (χ0) is 13.9. The minimum Gasteiger partial charge on any atom is -0.486 e. The van der Waals surface area contributed by atoms with Gasteiger partial charge < -0.3 is 14.8 Å². The molecule has 0 spiro atoms. The molecule has 104 valence electrons. The third-order valence-corrected chi connectivity index (χ3v) is 3.46. The number of aryl methyl sites for hydroxylation is 1. The van der Waals surface area contributed by atoms with Gasteiger partial charge in [-0.2, -0.15) is 0 Å². The second kappa shape index (κ2) is 5.59. The number of nitrogens with one attached hydrogen (secondary N) is 1. The molecule has 0 radical (unpaired) electrons. The number of hydrogen-bond donors (Lipinski definition) is 1. The van der Waals surface area contributed by atoms with Crippen molar-refractivity contribution in [1.29, 1.82) is 0 Å². The van der Waals surface area contributed by atoms with Crippen LogP contribution in [0.5, 0.6) is 11.5 Å². The van der Waals surface area contributed by atoms with Crippen LogP contribution in [0.1, 0.15) is 11.1 Å². The van der Waals surface area contributed by atoms with Crippen molar-refractivity contribution in [1.82, 2.24) is 4.98 Å². The Morgan fingerprint density at radius 3 is 3.00 bits per heavy atom. The minimum atomic E-state index is 0.541. The minimum absolute atomic E-state index is 0.541. The van der Waals surface area contributed by atoms with Crippen LogP contribution >= 0.6 is 11.6 Å². The van der Waals surface area contributed by atoms with Crippen molar-refractivity contribution in [3.8, 4) is 11.5 Å². The molecule has 0 saturated heterocycles. The Labute approximate surface area is 122 Å². The third-order valence-electron chi connectivity index (χ3n) is 3.18. The highest BCUT2D eigenvalue weighted by Crippen LogP contribution is 2.38. The highest BCUT2D eigenvalue weighted by atomic mass is 35.5. The molecule has 5 heteroatoms. The molecule has 0 unspecified atom stereocenters. The van der Waals surface area contributed by atoms with Gasteiger partial charge in [0.2, 0.25) is 0 Å². The molecule has 0 fully saturated rings. The lowest BCUT2D eigenvalue weighted by atomic mass is 10.1. The smallest absolute Gasteiger partial charge is 0.179 e. The van der Waals surface area contributed by atoms with Gasteiger partial charge in [0.05, 0.1) is 16.9 Å². The largest absolute Gasteiger partial charge is 0.486 e. The van der Waals surface area contributed by atoms with Gasteiger partial charge >= 0.3 is 0 Å². The Morgan fingerprint density at radius 1 is 1.30 bits per heavy atom. The Morgan fingerprint density at radius 2 is 2.15 bits per heavy atom. The van der Waals surface area contributed by atoms with Gasteiger partial charge in [0, 0.05) is 12.7 Å². The van der Waals surface area contributed by atoms with Crippen LogP contribution in [0.15, 0.2) is 30.6 Å². The van der Waals surface area contributed by atoms with Crippen molar-refractivity contribution in [2.45, 2.75) is 13.5 Å². The fourth-order valence-corrected chi connectivity index (χ4v) is 2.40. The fraction of sp³-hybridized carbons (Fsp3) is 0.267. The Kier molecular flexibility index (Phi) is 3.65. The second-order valence-corrected chi connectivity index (χ2v) is 5.05. The summed E-state index contributed by atoms with van der Waals surface area (Å²) < 4.78 is 11.1. The summed E-state index contributed by atoms with van der Waals surface area (Å²) in [4.78, 5) is 4.11. The van der Waals surface area contributed by atoms with E-state index >= 15 is 0 Å². The van der Waals surface area contributed by atoms with Gasteiger partial charge in [-0.25, -0.2) is 0 Å². The summed E-state index contributed by atoms with van der Waals surface area (Å²) >= 11 is 6.22. The van der Waals surface area contributed by atoms with Gasteiger partial charge in [-0.3, -0.25) is 4.98 Å². The van der Waals surface area contributed by atoms with Gasteiger partial charge in [0.15, 0.2) is 11.5 Å². The van der Waals surface area contributed by atoms with E-state index in [1.54, 1.807) is 6.20 Å². The van der Waals surface area contributed by atoms with Crippen LogP contribution in [0.25, 0.3) is 0 Å². The lowest BCUT2D eigenvalue weighted by Crippen LogP contribution is -2.16. The third kappa shape index (κ3) is 2.65. The maximum Gasteiger partial charge on any atom is 0.179 e. The van der Waals surface area contributed by atoms with Gasteiger partial charge in [-0.1, -0.05) is 11.6 Å². The summed E-state index contributed by atoms with van der Waals surface area (Å²) in [6.45, 7) is 3.80. The van der Waals surface area contributed by atoms with E-state index in [2.05, 4.69) is 10.3 Å². The van der Waals surface area contributed by atoms with Crippen LogP contribution in [0.2, 0.25) is 5.02 Å². The van der Waals surface area contributed by atoms with Crippen molar-refractivity contribution in [2.75, 3.05) is 18.5 Å². The van der Waals surface area contributed by atoms with Crippen LogP contribution in [-0.2, 0) is 6.54 Å². The molecule has 0 amide bonds. The number of halogens is 1. The summed E-state index contributed by atoms with van der Waals surface area (Å²) in [5.41, 5.74) is 3.21. The van der Waals surface area contributed by atoms with E-state index in [1.165, 1.54) is 0 Å². The van der Waals surface area contributed by atoms with Gasteiger partial charge in [0.1, 0.15) is 13.2 Å². The first kappa shape index (κ1) is 13.1. The maximum atomic E-state index is 6.22. The molecule has 1 aliphatic rings. The van der Waals surface area contributed by atoms with Crippen molar-refractivity contribution >= 4 is 17.3 Å². The molecule has 0 aliphatic carbocycles. The summed E-state index contributed by atoms with van der Waals surface area (Å²) in [6.07, 6.45) is 3.59. The molecule has 4 nitrogen and oxygen atoms in total. The monoisotopic (exact) mass is 290 g/mol. The number of ether oxygens (including phenoxy) is 2. The molecule has 0 atom stereocenters. The number of fused-ring (bicyclic) bond motifs is 1. The molecule has 1 N–H and O–H groups in total. The second-order valence-electron chi connectivity index (χ2n) is 4.65.